The Hall–Kier alpha value is -1.46. The smallest absolute Gasteiger partial charge is 0.261 e. The molecule has 0 amide bonds. The first kappa shape index (κ1) is 20.8. The number of likely N-dealkylation sites (N-methyl/N-ethyl adjacent to an activating group) is 1. The van der Waals surface area contributed by atoms with Crippen LogP contribution in [0.2, 0.25) is 5.04 Å². The van der Waals surface area contributed by atoms with E-state index in [1.165, 1.54) is 10.4 Å². The van der Waals surface area contributed by atoms with E-state index in [9.17, 15) is 5.11 Å². The molecule has 0 aliphatic heterocycles. The molecule has 0 aliphatic rings. The van der Waals surface area contributed by atoms with Gasteiger partial charge in [0.2, 0.25) is 0 Å². The van der Waals surface area contributed by atoms with E-state index in [-0.39, 0.29) is 17.7 Å². The van der Waals surface area contributed by atoms with Gasteiger partial charge >= 0.3 is 0 Å². The van der Waals surface area contributed by atoms with Crippen LogP contribution >= 0.6 is 0 Å². The molecule has 0 aromatic heterocycles. The van der Waals surface area contributed by atoms with Crippen LogP contribution in [-0.4, -0.2) is 39.2 Å². The number of aliphatic hydroxyl groups is 1. The van der Waals surface area contributed by atoms with Crippen LogP contribution in [0.1, 0.15) is 34.1 Å². The topological polar surface area (TPSA) is 41.5 Å². The van der Waals surface area contributed by atoms with E-state index in [0.29, 0.717) is 6.61 Å². The highest BCUT2D eigenvalue weighted by atomic mass is 28.4. The molecule has 0 heterocycles. The Morgan fingerprint density at radius 3 is 1.85 bits per heavy atom. The maximum absolute atomic E-state index is 9.57. The van der Waals surface area contributed by atoms with Crippen LogP contribution in [0.4, 0.5) is 0 Å². The summed E-state index contributed by atoms with van der Waals surface area (Å²) in [5.74, 6) is 0. The zero-order valence-electron chi connectivity index (χ0n) is 16.5. The first-order valence-electron chi connectivity index (χ1n) is 9.55. The van der Waals surface area contributed by atoms with Crippen molar-refractivity contribution in [1.82, 2.24) is 5.32 Å². The average molecular weight is 372 g/mol. The number of hydrogen-bond acceptors (Lipinski definition) is 3. The van der Waals surface area contributed by atoms with Crippen LogP contribution in [0.5, 0.6) is 0 Å². The number of aliphatic hydroxyl groups excluding tert-OH is 1. The molecule has 142 valence electrons. The van der Waals surface area contributed by atoms with Gasteiger partial charge in [-0.25, -0.2) is 0 Å². The maximum Gasteiger partial charge on any atom is 0.261 e. The fourth-order valence-corrected chi connectivity index (χ4v) is 8.24. The van der Waals surface area contributed by atoms with E-state index in [1.807, 2.05) is 0 Å². The maximum atomic E-state index is 9.57. The van der Waals surface area contributed by atoms with Crippen molar-refractivity contribution in [1.29, 1.82) is 0 Å². The van der Waals surface area contributed by atoms with Gasteiger partial charge in [-0.05, 0) is 28.4 Å². The van der Waals surface area contributed by atoms with E-state index in [2.05, 4.69) is 93.7 Å². The molecule has 0 bridgehead atoms. The Labute approximate surface area is 159 Å². The zero-order valence-corrected chi connectivity index (χ0v) is 17.5. The van der Waals surface area contributed by atoms with Gasteiger partial charge in [0.25, 0.3) is 8.32 Å². The monoisotopic (exact) mass is 371 g/mol. The Morgan fingerprint density at radius 1 is 0.962 bits per heavy atom. The zero-order chi connectivity index (χ0) is 19.0. The van der Waals surface area contributed by atoms with Crippen LogP contribution in [0.25, 0.3) is 0 Å². The summed E-state index contributed by atoms with van der Waals surface area (Å²) >= 11 is 0. The molecule has 0 saturated heterocycles. The van der Waals surface area contributed by atoms with Gasteiger partial charge in [0.15, 0.2) is 0 Å². The van der Waals surface area contributed by atoms with Crippen molar-refractivity contribution in [3.63, 3.8) is 0 Å². The molecular weight excluding hydrogens is 338 g/mol. The average Bonchev–Trinajstić information content (AvgIpc) is 2.65. The third-order valence-corrected chi connectivity index (χ3v) is 9.96. The summed E-state index contributed by atoms with van der Waals surface area (Å²) in [4.78, 5) is 0. The van der Waals surface area contributed by atoms with Crippen molar-refractivity contribution in [3.8, 4) is 0 Å². The summed E-state index contributed by atoms with van der Waals surface area (Å²) in [5, 5.41) is 15.5. The second-order valence-electron chi connectivity index (χ2n) is 7.74. The highest BCUT2D eigenvalue weighted by molar-refractivity contribution is 6.99. The highest BCUT2D eigenvalue weighted by Gasteiger charge is 2.49. The molecule has 0 fully saturated rings. The third-order valence-electron chi connectivity index (χ3n) is 4.91. The molecule has 4 heteroatoms. The molecule has 0 unspecified atom stereocenters. The van der Waals surface area contributed by atoms with Crippen molar-refractivity contribution in [2.75, 3.05) is 19.8 Å². The SMILES string of the molecule is CCN[C@H](CO)CCO[Si](c1ccccc1)(c1ccccc1)C(C)(C)C. The molecule has 2 rings (SSSR count). The van der Waals surface area contributed by atoms with Gasteiger partial charge in [-0.1, -0.05) is 88.4 Å². The summed E-state index contributed by atoms with van der Waals surface area (Å²) in [6.45, 7) is 10.5. The normalized spacial score (nSPS) is 13.6. The lowest BCUT2D eigenvalue weighted by molar-refractivity contribution is 0.206. The molecule has 0 spiro atoms. The standard InChI is InChI=1S/C22H33NO2Si/c1-5-23-19(18-24)16-17-25-26(22(2,3)4,20-12-8-6-9-13-20)21-14-10-7-11-15-21/h6-15,19,23-24H,5,16-18H2,1-4H3/t19-/m0/s1. The number of hydrogen-bond donors (Lipinski definition) is 2. The summed E-state index contributed by atoms with van der Waals surface area (Å²) in [7, 11) is -2.46. The van der Waals surface area contributed by atoms with Gasteiger partial charge in [0, 0.05) is 12.6 Å². The first-order valence-corrected chi connectivity index (χ1v) is 11.5. The predicted molar refractivity (Wildman–Crippen MR) is 113 cm³/mol. The lowest BCUT2D eigenvalue weighted by Crippen LogP contribution is -2.66. The first-order chi connectivity index (χ1) is 12.5. The fourth-order valence-electron chi connectivity index (χ4n) is 3.66. The van der Waals surface area contributed by atoms with Crippen LogP contribution in [0.3, 0.4) is 0 Å². The molecule has 0 saturated carbocycles. The summed E-state index contributed by atoms with van der Waals surface area (Å²) in [6, 6.07) is 21.4. The number of benzene rings is 2. The van der Waals surface area contributed by atoms with Crippen molar-refractivity contribution < 1.29 is 9.53 Å². The Bertz CT molecular complexity index is 601. The number of nitrogens with one attached hydrogen (secondary N) is 1. The molecule has 0 radical (unpaired) electrons. The van der Waals surface area contributed by atoms with E-state index in [1.54, 1.807) is 0 Å². The van der Waals surface area contributed by atoms with Gasteiger partial charge in [0.05, 0.1) is 6.61 Å². The van der Waals surface area contributed by atoms with Gasteiger partial charge in [-0.3, -0.25) is 0 Å². The molecule has 3 nitrogen and oxygen atoms in total. The van der Waals surface area contributed by atoms with Crippen molar-refractivity contribution in [2.24, 2.45) is 0 Å². The highest BCUT2D eigenvalue weighted by Crippen LogP contribution is 2.36. The van der Waals surface area contributed by atoms with Gasteiger partial charge in [-0.2, -0.15) is 0 Å². The Morgan fingerprint density at radius 2 is 1.46 bits per heavy atom. The largest absolute Gasteiger partial charge is 0.407 e. The summed E-state index contributed by atoms with van der Waals surface area (Å²) in [6.07, 6.45) is 0.800. The Kier molecular flexibility index (Phi) is 7.59. The third kappa shape index (κ3) is 4.63. The van der Waals surface area contributed by atoms with Gasteiger partial charge in [-0.15, -0.1) is 0 Å². The lowest BCUT2D eigenvalue weighted by Gasteiger charge is -2.43. The van der Waals surface area contributed by atoms with E-state index in [4.69, 9.17) is 4.43 Å². The summed E-state index contributed by atoms with van der Waals surface area (Å²) < 4.78 is 6.83. The van der Waals surface area contributed by atoms with E-state index >= 15 is 0 Å². The van der Waals surface area contributed by atoms with Gasteiger partial charge in [0.1, 0.15) is 0 Å². The minimum absolute atomic E-state index is 0.0113. The second kappa shape index (κ2) is 9.47. The molecule has 2 aromatic rings. The summed E-state index contributed by atoms with van der Waals surface area (Å²) in [5.41, 5.74) is 0. The quantitative estimate of drug-likeness (QED) is 0.666. The minimum atomic E-state index is -2.46. The molecule has 26 heavy (non-hydrogen) atoms. The van der Waals surface area contributed by atoms with E-state index in [0.717, 1.165) is 13.0 Å². The second-order valence-corrected chi connectivity index (χ2v) is 12.0. The van der Waals surface area contributed by atoms with Gasteiger partial charge < -0.3 is 14.8 Å². The molecule has 0 aliphatic carbocycles. The minimum Gasteiger partial charge on any atom is -0.407 e. The lowest BCUT2D eigenvalue weighted by atomic mass is 10.2. The molecule has 2 aromatic carbocycles. The van der Waals surface area contributed by atoms with Crippen molar-refractivity contribution in [2.45, 2.75) is 45.2 Å². The Balaban J connectivity index is 2.41. The fraction of sp³-hybridized carbons (Fsp3) is 0.455. The van der Waals surface area contributed by atoms with Crippen LogP contribution < -0.4 is 15.7 Å². The van der Waals surface area contributed by atoms with Crippen LogP contribution in [-0.2, 0) is 4.43 Å². The number of rotatable bonds is 9. The van der Waals surface area contributed by atoms with Crippen molar-refractivity contribution in [3.05, 3.63) is 60.7 Å². The predicted octanol–water partition coefficient (Wildman–Crippen LogP) is 2.92. The molecular formula is C22H33NO2Si. The van der Waals surface area contributed by atoms with Crippen molar-refractivity contribution >= 4 is 18.7 Å². The van der Waals surface area contributed by atoms with Crippen LogP contribution in [0.15, 0.2) is 60.7 Å². The van der Waals surface area contributed by atoms with Crippen LogP contribution in [0, 0.1) is 0 Å². The van der Waals surface area contributed by atoms with E-state index < -0.39 is 8.32 Å². The molecule has 2 N–H and O–H groups in total. The molecule has 1 atom stereocenters.